The largest absolute Gasteiger partial charge is 0.342 e. The van der Waals surface area contributed by atoms with Crippen LogP contribution in [0.3, 0.4) is 0 Å². The molecule has 0 bridgehead atoms. The second kappa shape index (κ2) is 6.93. The van der Waals surface area contributed by atoms with Gasteiger partial charge in [0.15, 0.2) is 0 Å². The summed E-state index contributed by atoms with van der Waals surface area (Å²) in [6.45, 7) is 9.17. The molecule has 0 aliphatic carbocycles. The highest BCUT2D eigenvalue weighted by molar-refractivity contribution is 5.97. The zero-order chi connectivity index (χ0) is 17.3. The van der Waals surface area contributed by atoms with Crippen molar-refractivity contribution >= 4 is 11.8 Å². The van der Waals surface area contributed by atoms with E-state index in [0.717, 1.165) is 25.9 Å². The molecule has 0 unspecified atom stereocenters. The first-order valence-electron chi connectivity index (χ1n) is 8.89. The number of piperazine rings is 2. The van der Waals surface area contributed by atoms with Gasteiger partial charge in [0, 0.05) is 26.2 Å². The van der Waals surface area contributed by atoms with E-state index in [1.807, 2.05) is 6.92 Å². The van der Waals surface area contributed by atoms with Crippen LogP contribution in [0, 0.1) is 13.8 Å². The van der Waals surface area contributed by atoms with Crippen LogP contribution in [-0.2, 0) is 16.1 Å². The first kappa shape index (κ1) is 17.0. The number of carbonyl (C=O) groups is 2. The van der Waals surface area contributed by atoms with E-state index >= 15 is 0 Å². The van der Waals surface area contributed by atoms with Gasteiger partial charge in [-0.3, -0.25) is 14.5 Å². The maximum atomic E-state index is 12.5. The fourth-order valence-corrected chi connectivity index (χ4v) is 3.65. The summed E-state index contributed by atoms with van der Waals surface area (Å²) in [7, 11) is 0. The van der Waals surface area contributed by atoms with Crippen molar-refractivity contribution in [3.63, 3.8) is 0 Å². The smallest absolute Gasteiger partial charge is 0.245 e. The molecule has 0 aromatic heterocycles. The van der Waals surface area contributed by atoms with Crippen LogP contribution in [0.25, 0.3) is 0 Å². The third-order valence-electron chi connectivity index (χ3n) is 5.22. The number of hydrogen-bond donors (Lipinski definition) is 1. The van der Waals surface area contributed by atoms with Gasteiger partial charge in [0.25, 0.3) is 0 Å². The quantitative estimate of drug-likeness (QED) is 0.913. The third kappa shape index (κ3) is 3.31. The van der Waals surface area contributed by atoms with E-state index in [1.54, 1.807) is 4.90 Å². The highest BCUT2D eigenvalue weighted by atomic mass is 16.2. The van der Waals surface area contributed by atoms with Gasteiger partial charge in [0.2, 0.25) is 11.8 Å². The molecule has 130 valence electrons. The van der Waals surface area contributed by atoms with Crippen molar-refractivity contribution < 1.29 is 9.59 Å². The summed E-state index contributed by atoms with van der Waals surface area (Å²) in [6.07, 6.45) is 1.62. The third-order valence-corrected chi connectivity index (χ3v) is 5.22. The van der Waals surface area contributed by atoms with Gasteiger partial charge in [-0.05, 0) is 37.0 Å². The van der Waals surface area contributed by atoms with Gasteiger partial charge >= 0.3 is 0 Å². The molecule has 0 spiro atoms. The fourth-order valence-electron chi connectivity index (χ4n) is 3.65. The van der Waals surface area contributed by atoms with Crippen LogP contribution in [0.15, 0.2) is 18.2 Å². The van der Waals surface area contributed by atoms with Gasteiger partial charge in [-0.1, -0.05) is 31.5 Å². The molecule has 2 heterocycles. The normalized spacial score (nSPS) is 24.7. The number of fused-ring (bicyclic) bond motifs is 1. The van der Waals surface area contributed by atoms with Gasteiger partial charge < -0.3 is 10.2 Å². The van der Waals surface area contributed by atoms with Gasteiger partial charge in [-0.2, -0.15) is 0 Å². The predicted octanol–water partition coefficient (Wildman–Crippen LogP) is 1.61. The Labute approximate surface area is 144 Å². The van der Waals surface area contributed by atoms with Crippen molar-refractivity contribution in [1.82, 2.24) is 15.1 Å². The van der Waals surface area contributed by atoms with Crippen LogP contribution in [0.1, 0.15) is 36.5 Å². The Bertz CT molecular complexity index is 643. The van der Waals surface area contributed by atoms with Crippen LogP contribution in [0.2, 0.25) is 0 Å². The van der Waals surface area contributed by atoms with Gasteiger partial charge in [-0.25, -0.2) is 0 Å². The molecular weight excluding hydrogens is 302 g/mol. The van der Waals surface area contributed by atoms with E-state index in [4.69, 9.17) is 0 Å². The summed E-state index contributed by atoms with van der Waals surface area (Å²) >= 11 is 0. The Morgan fingerprint density at radius 3 is 2.67 bits per heavy atom. The number of nitrogens with one attached hydrogen (secondary N) is 1. The van der Waals surface area contributed by atoms with E-state index in [2.05, 4.69) is 42.3 Å². The van der Waals surface area contributed by atoms with Crippen molar-refractivity contribution in [2.75, 3.05) is 19.6 Å². The minimum Gasteiger partial charge on any atom is -0.342 e. The van der Waals surface area contributed by atoms with E-state index < -0.39 is 0 Å². The Hall–Kier alpha value is -1.88. The average Bonchev–Trinajstić information content (AvgIpc) is 2.56. The molecule has 1 N–H and O–H groups in total. The summed E-state index contributed by atoms with van der Waals surface area (Å²) in [5, 5.41) is 2.91. The molecule has 2 aliphatic rings. The molecule has 2 amide bonds. The lowest BCUT2D eigenvalue weighted by atomic mass is 10.0. The molecular formula is C19H27N3O2. The van der Waals surface area contributed by atoms with Crippen molar-refractivity contribution in [3.05, 3.63) is 34.9 Å². The topological polar surface area (TPSA) is 52.7 Å². The minimum atomic E-state index is -0.342. The second-order valence-electron chi connectivity index (χ2n) is 7.05. The Kier molecular flexibility index (Phi) is 4.90. The molecule has 1 aromatic carbocycles. The van der Waals surface area contributed by atoms with E-state index in [1.165, 1.54) is 16.7 Å². The SMILES string of the molecule is CCC[C@@H]1NC(=O)[C@H]2CN(Cc3ccc(C)c(C)c3)CCN2C1=O. The lowest BCUT2D eigenvalue weighted by Gasteiger charge is -2.45. The van der Waals surface area contributed by atoms with Gasteiger partial charge in [-0.15, -0.1) is 0 Å². The molecule has 1 aromatic rings. The average molecular weight is 329 g/mol. The summed E-state index contributed by atoms with van der Waals surface area (Å²) < 4.78 is 0. The van der Waals surface area contributed by atoms with E-state index in [0.29, 0.717) is 13.1 Å². The van der Waals surface area contributed by atoms with Crippen molar-refractivity contribution in [3.8, 4) is 0 Å². The number of hydrogen-bond acceptors (Lipinski definition) is 3. The zero-order valence-electron chi connectivity index (χ0n) is 14.8. The summed E-state index contributed by atoms with van der Waals surface area (Å²) in [4.78, 5) is 29.0. The van der Waals surface area contributed by atoms with Crippen LogP contribution in [0.4, 0.5) is 0 Å². The summed E-state index contributed by atoms with van der Waals surface area (Å²) in [5.74, 6) is 0.0881. The number of benzene rings is 1. The lowest BCUT2D eigenvalue weighted by molar-refractivity contribution is -0.153. The maximum absolute atomic E-state index is 12.5. The van der Waals surface area contributed by atoms with Gasteiger partial charge in [0.05, 0.1) is 0 Å². The molecule has 3 rings (SSSR count). The van der Waals surface area contributed by atoms with Gasteiger partial charge in [0.1, 0.15) is 12.1 Å². The standard InChI is InChI=1S/C19H27N3O2/c1-4-5-16-19(24)22-9-8-21(12-17(22)18(23)20-16)11-15-7-6-13(2)14(3)10-15/h6-7,10,16-17H,4-5,8-9,11-12H2,1-3H3,(H,20,23)/t16-,17+/m0/s1. The maximum Gasteiger partial charge on any atom is 0.245 e. The highest BCUT2D eigenvalue weighted by Crippen LogP contribution is 2.20. The monoisotopic (exact) mass is 329 g/mol. The Morgan fingerprint density at radius 1 is 1.17 bits per heavy atom. The molecule has 2 fully saturated rings. The van der Waals surface area contributed by atoms with Crippen molar-refractivity contribution in [2.45, 2.75) is 52.2 Å². The molecule has 2 atom stereocenters. The predicted molar refractivity (Wildman–Crippen MR) is 93.5 cm³/mol. The van der Waals surface area contributed by atoms with Crippen molar-refractivity contribution in [2.24, 2.45) is 0 Å². The number of aryl methyl sites for hydroxylation is 2. The Balaban J connectivity index is 1.67. The van der Waals surface area contributed by atoms with E-state index in [9.17, 15) is 9.59 Å². The van der Waals surface area contributed by atoms with E-state index in [-0.39, 0.29) is 23.9 Å². The molecule has 5 nitrogen and oxygen atoms in total. The second-order valence-corrected chi connectivity index (χ2v) is 7.05. The zero-order valence-corrected chi connectivity index (χ0v) is 14.8. The number of amides is 2. The summed E-state index contributed by atoms with van der Waals surface area (Å²) in [5.41, 5.74) is 3.85. The van der Waals surface area contributed by atoms with Crippen LogP contribution >= 0.6 is 0 Å². The minimum absolute atomic E-state index is 0.00200. The molecule has 24 heavy (non-hydrogen) atoms. The van der Waals surface area contributed by atoms with Crippen LogP contribution < -0.4 is 5.32 Å². The molecule has 0 radical (unpaired) electrons. The number of carbonyl (C=O) groups excluding carboxylic acids is 2. The Morgan fingerprint density at radius 2 is 1.96 bits per heavy atom. The highest BCUT2D eigenvalue weighted by Gasteiger charge is 2.42. The van der Waals surface area contributed by atoms with Crippen molar-refractivity contribution in [1.29, 1.82) is 0 Å². The lowest BCUT2D eigenvalue weighted by Crippen LogP contribution is -2.69. The molecule has 2 aliphatic heterocycles. The molecule has 5 heteroatoms. The van der Waals surface area contributed by atoms with Crippen LogP contribution in [0.5, 0.6) is 0 Å². The van der Waals surface area contributed by atoms with Crippen LogP contribution in [-0.4, -0.2) is 53.3 Å². The summed E-state index contributed by atoms with van der Waals surface area (Å²) in [6, 6.07) is 5.84. The molecule has 2 saturated heterocycles. The number of nitrogens with zero attached hydrogens (tertiary/aromatic N) is 2. The first-order valence-corrected chi connectivity index (χ1v) is 8.89. The fraction of sp³-hybridized carbons (Fsp3) is 0.579. The molecule has 0 saturated carbocycles. The number of rotatable bonds is 4. The first-order chi connectivity index (χ1) is 11.5.